The third kappa shape index (κ3) is 3.85. The lowest BCUT2D eigenvalue weighted by atomic mass is 9.94. The summed E-state index contributed by atoms with van der Waals surface area (Å²) in [4.78, 5) is 15.2. The number of carbonyl (C=O) groups excluding carboxylic acids is 1. The quantitative estimate of drug-likeness (QED) is 0.870. The number of likely N-dealkylation sites (tertiary alicyclic amines) is 1. The van der Waals surface area contributed by atoms with Gasteiger partial charge in [-0.3, -0.25) is 4.79 Å². The molecule has 1 aliphatic rings. The largest absolute Gasteiger partial charge is 0.395 e. The van der Waals surface area contributed by atoms with Gasteiger partial charge < -0.3 is 14.7 Å². The molecule has 0 saturated carbocycles. The third-order valence-corrected chi connectivity index (χ3v) is 4.66. The zero-order valence-electron chi connectivity index (χ0n) is 12.5. The van der Waals surface area contributed by atoms with Crippen LogP contribution in [0.1, 0.15) is 41.4 Å². The average molecular weight is 307 g/mol. The smallest absolute Gasteiger partial charge is 0.265 e. The van der Waals surface area contributed by atoms with Gasteiger partial charge in [-0.2, -0.15) is 0 Å². The van der Waals surface area contributed by atoms with Crippen molar-refractivity contribution in [3.63, 3.8) is 0 Å². The zero-order valence-corrected chi connectivity index (χ0v) is 13.3. The average Bonchev–Trinajstić information content (AvgIpc) is 2.95. The number of ether oxygens (including phenoxy) is 1. The number of methoxy groups -OCH3 is 1. The first-order valence-corrected chi connectivity index (χ1v) is 7.99. The molecule has 0 spiro atoms. The molecule has 5 heteroatoms. The second-order valence-electron chi connectivity index (χ2n) is 5.42. The molecule has 1 aliphatic heterocycles. The van der Waals surface area contributed by atoms with Gasteiger partial charge in [0.25, 0.3) is 5.91 Å². The summed E-state index contributed by atoms with van der Waals surface area (Å²) in [6, 6.07) is 1.86. The summed E-state index contributed by atoms with van der Waals surface area (Å²) in [5, 5.41) is 10.7. The van der Waals surface area contributed by atoms with Crippen LogP contribution in [0, 0.1) is 11.8 Å². The van der Waals surface area contributed by atoms with Crippen LogP contribution < -0.4 is 0 Å². The van der Waals surface area contributed by atoms with Gasteiger partial charge in [0.15, 0.2) is 0 Å². The number of nitrogens with zero attached hydrogens (tertiary/aromatic N) is 1. The molecular formula is C16H21NO3S. The first kappa shape index (κ1) is 16.0. The maximum atomic E-state index is 12.7. The topological polar surface area (TPSA) is 49.8 Å². The molecule has 1 unspecified atom stereocenters. The molecule has 21 heavy (non-hydrogen) atoms. The van der Waals surface area contributed by atoms with Crippen molar-refractivity contribution in [3.05, 3.63) is 21.9 Å². The van der Waals surface area contributed by atoms with E-state index in [-0.39, 0.29) is 18.1 Å². The minimum absolute atomic E-state index is 0.0290. The molecule has 4 nitrogen and oxygen atoms in total. The third-order valence-electron chi connectivity index (χ3n) is 3.76. The van der Waals surface area contributed by atoms with Gasteiger partial charge in [-0.25, -0.2) is 0 Å². The highest BCUT2D eigenvalue weighted by Crippen LogP contribution is 2.27. The predicted molar refractivity (Wildman–Crippen MR) is 83.5 cm³/mol. The summed E-state index contributed by atoms with van der Waals surface area (Å²) in [7, 11) is 1.70. The number of rotatable bonds is 3. The van der Waals surface area contributed by atoms with Crippen LogP contribution in [0.15, 0.2) is 11.4 Å². The minimum Gasteiger partial charge on any atom is -0.395 e. The van der Waals surface area contributed by atoms with E-state index in [1.165, 1.54) is 11.3 Å². The Kier molecular flexibility index (Phi) is 5.40. The van der Waals surface area contributed by atoms with Crippen LogP contribution in [0.25, 0.3) is 0 Å². The lowest BCUT2D eigenvalue weighted by Gasteiger charge is -2.39. The van der Waals surface area contributed by atoms with Crippen molar-refractivity contribution in [2.75, 3.05) is 26.8 Å². The van der Waals surface area contributed by atoms with Crippen molar-refractivity contribution in [2.24, 2.45) is 0 Å². The van der Waals surface area contributed by atoms with Crippen LogP contribution in [0.2, 0.25) is 0 Å². The maximum Gasteiger partial charge on any atom is 0.265 e. The van der Waals surface area contributed by atoms with Gasteiger partial charge in [0, 0.05) is 32.2 Å². The predicted octanol–water partition coefficient (Wildman–Crippen LogP) is 2.12. The van der Waals surface area contributed by atoms with Crippen LogP contribution in [0.5, 0.6) is 0 Å². The first-order chi connectivity index (χ1) is 10.1. The molecule has 1 aromatic heterocycles. The molecule has 1 amide bonds. The van der Waals surface area contributed by atoms with Crippen LogP contribution in [-0.2, 0) is 4.74 Å². The number of hydrogen-bond acceptors (Lipinski definition) is 4. The van der Waals surface area contributed by atoms with Crippen LogP contribution in [0.4, 0.5) is 0 Å². The van der Waals surface area contributed by atoms with E-state index in [2.05, 4.69) is 11.8 Å². The highest BCUT2D eigenvalue weighted by molar-refractivity contribution is 7.12. The summed E-state index contributed by atoms with van der Waals surface area (Å²) < 4.78 is 5.54. The highest BCUT2D eigenvalue weighted by atomic mass is 32.1. The number of aliphatic hydroxyl groups is 1. The van der Waals surface area contributed by atoms with Gasteiger partial charge >= 0.3 is 0 Å². The molecule has 1 atom stereocenters. The van der Waals surface area contributed by atoms with E-state index in [9.17, 15) is 4.79 Å². The first-order valence-electron chi connectivity index (χ1n) is 7.11. The molecule has 1 aromatic rings. The van der Waals surface area contributed by atoms with Crippen LogP contribution in [0.3, 0.4) is 0 Å². The fraction of sp³-hybridized carbons (Fsp3) is 0.562. The van der Waals surface area contributed by atoms with Gasteiger partial charge in [0.05, 0.1) is 12.2 Å². The standard InChI is InChI=1S/C16H21NO3S/c1-16(20-2)8-5-9-17(12-16)15(19)14-13(7-11-21-14)6-3-4-10-18/h7,11,18H,4-5,8-10,12H2,1-2H3. The Balaban J connectivity index is 2.14. The second-order valence-corrected chi connectivity index (χ2v) is 6.34. The molecule has 0 aliphatic carbocycles. The van der Waals surface area contributed by atoms with Crippen molar-refractivity contribution < 1.29 is 14.6 Å². The van der Waals surface area contributed by atoms with Crippen molar-refractivity contribution in [3.8, 4) is 11.8 Å². The second kappa shape index (κ2) is 7.08. The van der Waals surface area contributed by atoms with E-state index in [4.69, 9.17) is 9.84 Å². The number of carbonyl (C=O) groups is 1. The Morgan fingerprint density at radius 2 is 2.43 bits per heavy atom. The molecule has 1 N–H and O–H groups in total. The number of hydrogen-bond donors (Lipinski definition) is 1. The molecule has 0 bridgehead atoms. The van der Waals surface area contributed by atoms with E-state index in [0.29, 0.717) is 17.8 Å². The van der Waals surface area contributed by atoms with Gasteiger partial charge in [-0.15, -0.1) is 11.3 Å². The van der Waals surface area contributed by atoms with Gasteiger partial charge in [-0.1, -0.05) is 11.8 Å². The molecule has 2 heterocycles. The highest BCUT2D eigenvalue weighted by Gasteiger charge is 2.34. The number of thiophene rings is 1. The number of amides is 1. The summed E-state index contributed by atoms with van der Waals surface area (Å²) in [6.45, 7) is 3.46. The van der Waals surface area contributed by atoms with E-state index < -0.39 is 0 Å². The molecular weight excluding hydrogens is 286 g/mol. The molecule has 0 aromatic carbocycles. The summed E-state index contributed by atoms with van der Waals surface area (Å²) in [5.41, 5.74) is 0.497. The summed E-state index contributed by atoms with van der Waals surface area (Å²) in [5.74, 6) is 5.87. The minimum atomic E-state index is -0.256. The fourth-order valence-electron chi connectivity index (χ4n) is 2.48. The molecule has 2 rings (SSSR count). The Labute approximate surface area is 129 Å². The van der Waals surface area contributed by atoms with E-state index in [1.807, 2.05) is 23.3 Å². The zero-order chi connectivity index (χ0) is 15.3. The lowest BCUT2D eigenvalue weighted by molar-refractivity contribution is -0.0439. The lowest BCUT2D eigenvalue weighted by Crippen LogP contribution is -2.49. The van der Waals surface area contributed by atoms with Gasteiger partial charge in [0.1, 0.15) is 4.88 Å². The van der Waals surface area contributed by atoms with Crippen molar-refractivity contribution in [1.82, 2.24) is 4.90 Å². The Hall–Kier alpha value is -1.35. The van der Waals surface area contributed by atoms with E-state index in [0.717, 1.165) is 24.9 Å². The van der Waals surface area contributed by atoms with E-state index in [1.54, 1.807) is 7.11 Å². The Bertz CT molecular complexity index is 557. The van der Waals surface area contributed by atoms with Gasteiger partial charge in [-0.05, 0) is 31.2 Å². The number of aliphatic hydroxyl groups excluding tert-OH is 1. The van der Waals surface area contributed by atoms with E-state index >= 15 is 0 Å². The van der Waals surface area contributed by atoms with Crippen molar-refractivity contribution in [2.45, 2.75) is 31.8 Å². The van der Waals surface area contributed by atoms with Gasteiger partial charge in [0.2, 0.25) is 0 Å². The Morgan fingerprint density at radius 3 is 3.14 bits per heavy atom. The monoisotopic (exact) mass is 307 g/mol. The molecule has 0 radical (unpaired) electrons. The molecule has 1 fully saturated rings. The SMILES string of the molecule is COC1(C)CCCN(C(=O)c2sccc2C#CCCO)C1. The van der Waals surface area contributed by atoms with Crippen molar-refractivity contribution >= 4 is 17.2 Å². The summed E-state index contributed by atoms with van der Waals surface area (Å²) >= 11 is 1.42. The normalized spacial score (nSPS) is 21.8. The molecule has 1 saturated heterocycles. The fourth-order valence-corrected chi connectivity index (χ4v) is 3.29. The van der Waals surface area contributed by atoms with Crippen molar-refractivity contribution in [1.29, 1.82) is 0 Å². The van der Waals surface area contributed by atoms with Crippen LogP contribution >= 0.6 is 11.3 Å². The summed E-state index contributed by atoms with van der Waals surface area (Å²) in [6.07, 6.45) is 2.35. The van der Waals surface area contributed by atoms with Crippen LogP contribution in [-0.4, -0.2) is 48.3 Å². The molecule has 114 valence electrons. The number of piperidine rings is 1. The maximum absolute atomic E-state index is 12.7. The Morgan fingerprint density at radius 1 is 1.62 bits per heavy atom.